The summed E-state index contributed by atoms with van der Waals surface area (Å²) in [6, 6.07) is 3.93. The number of ether oxygens (including phenoxy) is 1. The molecule has 2 heterocycles. The Bertz CT molecular complexity index is 901. The van der Waals surface area contributed by atoms with Crippen LogP contribution in [0, 0.1) is 6.92 Å². The molecule has 126 valence electrons. The van der Waals surface area contributed by atoms with E-state index >= 15 is 0 Å². The van der Waals surface area contributed by atoms with Gasteiger partial charge in [0.25, 0.3) is 5.91 Å². The summed E-state index contributed by atoms with van der Waals surface area (Å²) in [5.74, 6) is 0.359. The number of thiazole rings is 1. The lowest BCUT2D eigenvalue weighted by Gasteiger charge is -2.09. The van der Waals surface area contributed by atoms with Gasteiger partial charge in [0.2, 0.25) is 5.91 Å². The molecule has 3 rings (SSSR count). The second kappa shape index (κ2) is 7.14. The third-order valence-electron chi connectivity index (χ3n) is 3.35. The molecule has 0 unspecified atom stereocenters. The van der Waals surface area contributed by atoms with Crippen LogP contribution in [0.4, 0.5) is 0 Å². The lowest BCUT2D eigenvalue weighted by molar-refractivity contribution is -0.123. The summed E-state index contributed by atoms with van der Waals surface area (Å²) in [6.07, 6.45) is 0. The Hall–Kier alpha value is -2.19. The van der Waals surface area contributed by atoms with Gasteiger partial charge in [-0.3, -0.25) is 9.59 Å². The number of benzene rings is 1. The summed E-state index contributed by atoms with van der Waals surface area (Å²) in [5, 5.41) is 9.31. The maximum absolute atomic E-state index is 11.8. The summed E-state index contributed by atoms with van der Waals surface area (Å²) < 4.78 is 7.86. The number of fused-ring (bicyclic) bond motifs is 3. The van der Waals surface area contributed by atoms with Crippen molar-refractivity contribution in [1.29, 1.82) is 0 Å². The van der Waals surface area contributed by atoms with Crippen molar-refractivity contribution in [3.63, 3.8) is 0 Å². The molecule has 2 aromatic heterocycles. The van der Waals surface area contributed by atoms with Gasteiger partial charge in [-0.2, -0.15) is 0 Å². The first-order valence-electron chi connectivity index (χ1n) is 7.46. The molecule has 8 heteroatoms. The molecule has 2 N–H and O–H groups in total. The number of amides is 2. The minimum atomic E-state index is -0.218. The Morgan fingerprint density at radius 3 is 2.88 bits per heavy atom. The number of rotatable bonds is 6. The molecule has 0 spiro atoms. The van der Waals surface area contributed by atoms with Crippen LogP contribution in [0.1, 0.15) is 11.9 Å². The van der Waals surface area contributed by atoms with Gasteiger partial charge in [-0.15, -0.1) is 22.7 Å². The van der Waals surface area contributed by atoms with Crippen molar-refractivity contribution in [2.24, 2.45) is 0 Å². The van der Waals surface area contributed by atoms with Gasteiger partial charge >= 0.3 is 0 Å². The van der Waals surface area contributed by atoms with Crippen LogP contribution in [0.5, 0.6) is 5.75 Å². The topological polar surface area (TPSA) is 80.3 Å². The van der Waals surface area contributed by atoms with Gasteiger partial charge in [-0.05, 0) is 18.4 Å². The molecular weight excluding hydrogens is 346 g/mol. The monoisotopic (exact) mass is 363 g/mol. The van der Waals surface area contributed by atoms with E-state index in [2.05, 4.69) is 15.6 Å². The average molecular weight is 363 g/mol. The van der Waals surface area contributed by atoms with E-state index in [0.29, 0.717) is 18.8 Å². The normalized spacial score (nSPS) is 10.9. The minimum absolute atomic E-state index is 0.0612. The Morgan fingerprint density at radius 2 is 2.08 bits per heavy atom. The van der Waals surface area contributed by atoms with Crippen molar-refractivity contribution in [3.05, 3.63) is 22.5 Å². The first-order chi connectivity index (χ1) is 11.5. The molecule has 3 aromatic rings. The molecule has 1 aromatic carbocycles. The van der Waals surface area contributed by atoms with E-state index in [-0.39, 0.29) is 18.4 Å². The molecule has 0 atom stereocenters. The number of nitrogens with one attached hydrogen (secondary N) is 2. The largest absolute Gasteiger partial charge is 0.483 e. The van der Waals surface area contributed by atoms with E-state index in [4.69, 9.17) is 4.74 Å². The average Bonchev–Trinajstić information content (AvgIpc) is 3.14. The van der Waals surface area contributed by atoms with Crippen LogP contribution in [0.15, 0.2) is 17.5 Å². The number of thiophene rings is 1. The zero-order valence-corrected chi connectivity index (χ0v) is 15.0. The Kier molecular flexibility index (Phi) is 4.96. The van der Waals surface area contributed by atoms with Gasteiger partial charge in [0.1, 0.15) is 5.75 Å². The maximum atomic E-state index is 11.8. The molecule has 0 aliphatic carbocycles. The Labute approximate surface area is 146 Å². The predicted octanol–water partition coefficient (Wildman–Crippen LogP) is 2.45. The number of carbonyl (C=O) groups excluding carboxylic acids is 2. The highest BCUT2D eigenvalue weighted by molar-refractivity contribution is 7.21. The molecule has 0 bridgehead atoms. The van der Waals surface area contributed by atoms with E-state index < -0.39 is 0 Å². The van der Waals surface area contributed by atoms with Crippen molar-refractivity contribution < 1.29 is 14.3 Å². The highest BCUT2D eigenvalue weighted by Gasteiger charge is 2.13. The number of aromatic nitrogens is 1. The fourth-order valence-electron chi connectivity index (χ4n) is 2.34. The van der Waals surface area contributed by atoms with Crippen LogP contribution < -0.4 is 15.4 Å². The summed E-state index contributed by atoms with van der Waals surface area (Å²) in [5.41, 5.74) is 0.995. The summed E-state index contributed by atoms with van der Waals surface area (Å²) >= 11 is 3.23. The lowest BCUT2D eigenvalue weighted by atomic mass is 10.2. The zero-order valence-electron chi connectivity index (χ0n) is 13.3. The summed E-state index contributed by atoms with van der Waals surface area (Å²) in [4.78, 5) is 27.2. The van der Waals surface area contributed by atoms with Crippen LogP contribution in [0.25, 0.3) is 20.3 Å². The van der Waals surface area contributed by atoms with Crippen molar-refractivity contribution in [2.45, 2.75) is 13.8 Å². The third kappa shape index (κ3) is 3.65. The predicted molar refractivity (Wildman–Crippen MR) is 96.9 cm³/mol. The first kappa shape index (κ1) is 16.7. The fourth-order valence-corrected chi connectivity index (χ4v) is 4.17. The summed E-state index contributed by atoms with van der Waals surface area (Å²) in [6.45, 7) is 4.14. The van der Waals surface area contributed by atoms with E-state index in [0.717, 1.165) is 25.3 Å². The fraction of sp³-hybridized carbons (Fsp3) is 0.312. The molecular formula is C16H17N3O3S2. The van der Waals surface area contributed by atoms with Gasteiger partial charge in [0, 0.05) is 31.5 Å². The SMILES string of the molecule is CC(=O)NCCNC(=O)COc1cc2sc(C)nc2c2sccc12. The highest BCUT2D eigenvalue weighted by Crippen LogP contribution is 2.38. The quantitative estimate of drug-likeness (QED) is 0.659. The van der Waals surface area contributed by atoms with Crippen molar-refractivity contribution in [3.8, 4) is 5.75 Å². The van der Waals surface area contributed by atoms with Crippen LogP contribution in [0.2, 0.25) is 0 Å². The molecule has 0 saturated heterocycles. The zero-order chi connectivity index (χ0) is 17.1. The lowest BCUT2D eigenvalue weighted by Crippen LogP contribution is -2.36. The van der Waals surface area contributed by atoms with E-state index in [1.807, 2.05) is 24.4 Å². The molecule has 0 saturated carbocycles. The van der Waals surface area contributed by atoms with Crippen molar-refractivity contribution >= 4 is 54.8 Å². The first-order valence-corrected chi connectivity index (χ1v) is 9.15. The Balaban J connectivity index is 1.67. The molecule has 0 aliphatic rings. The molecule has 6 nitrogen and oxygen atoms in total. The minimum Gasteiger partial charge on any atom is -0.483 e. The number of aryl methyl sites for hydroxylation is 1. The van der Waals surface area contributed by atoms with Crippen molar-refractivity contribution in [1.82, 2.24) is 15.6 Å². The van der Waals surface area contributed by atoms with Gasteiger partial charge in [-0.25, -0.2) is 4.98 Å². The summed E-state index contributed by atoms with van der Waals surface area (Å²) in [7, 11) is 0. The molecule has 0 radical (unpaired) electrons. The number of carbonyl (C=O) groups is 2. The molecule has 24 heavy (non-hydrogen) atoms. The van der Waals surface area contributed by atoms with Crippen LogP contribution in [-0.2, 0) is 9.59 Å². The van der Waals surface area contributed by atoms with Gasteiger partial charge in [0.05, 0.1) is 19.9 Å². The third-order valence-corrected chi connectivity index (χ3v) is 5.19. The number of nitrogens with zero attached hydrogens (tertiary/aromatic N) is 1. The standard InChI is InChI=1S/C16H17N3O3S2/c1-9(20)17-4-5-18-14(21)8-22-12-7-13-15(19-10(2)24-13)16-11(12)3-6-23-16/h3,6-7H,4-5,8H2,1-2H3,(H,17,20)(H,18,21). The van der Waals surface area contributed by atoms with E-state index in [1.165, 1.54) is 6.92 Å². The van der Waals surface area contributed by atoms with Crippen LogP contribution in [0.3, 0.4) is 0 Å². The van der Waals surface area contributed by atoms with Crippen LogP contribution >= 0.6 is 22.7 Å². The highest BCUT2D eigenvalue weighted by atomic mass is 32.1. The molecule has 2 amide bonds. The number of hydrogen-bond acceptors (Lipinski definition) is 6. The Morgan fingerprint density at radius 1 is 1.29 bits per heavy atom. The molecule has 0 aliphatic heterocycles. The van der Waals surface area contributed by atoms with E-state index in [1.54, 1.807) is 22.7 Å². The van der Waals surface area contributed by atoms with E-state index in [9.17, 15) is 9.59 Å². The van der Waals surface area contributed by atoms with Gasteiger partial charge in [-0.1, -0.05) is 0 Å². The maximum Gasteiger partial charge on any atom is 0.258 e. The van der Waals surface area contributed by atoms with Gasteiger partial charge < -0.3 is 15.4 Å². The molecule has 0 fully saturated rings. The number of hydrogen-bond donors (Lipinski definition) is 2. The van der Waals surface area contributed by atoms with Crippen molar-refractivity contribution in [2.75, 3.05) is 19.7 Å². The second-order valence-electron chi connectivity index (χ2n) is 5.24. The smallest absolute Gasteiger partial charge is 0.258 e. The van der Waals surface area contributed by atoms with Crippen LogP contribution in [-0.4, -0.2) is 36.5 Å². The second-order valence-corrected chi connectivity index (χ2v) is 7.39. The van der Waals surface area contributed by atoms with Gasteiger partial charge in [0.15, 0.2) is 6.61 Å².